The lowest BCUT2D eigenvalue weighted by Gasteiger charge is -1.92. The van der Waals surface area contributed by atoms with Gasteiger partial charge in [-0.3, -0.25) is 4.40 Å². The summed E-state index contributed by atoms with van der Waals surface area (Å²) in [7, 11) is 0. The highest BCUT2D eigenvalue weighted by Crippen LogP contribution is 2.22. The summed E-state index contributed by atoms with van der Waals surface area (Å²) in [5.74, 6) is 0.905. The van der Waals surface area contributed by atoms with Crippen LogP contribution in [0.2, 0.25) is 0 Å². The zero-order chi connectivity index (χ0) is 10.5. The van der Waals surface area contributed by atoms with Crippen LogP contribution in [0.15, 0.2) is 48.5 Å². The maximum Gasteiger partial charge on any atom is 0.213 e. The molecular formula is C13H10ClN3. The first-order valence-corrected chi connectivity index (χ1v) is 5.27. The summed E-state index contributed by atoms with van der Waals surface area (Å²) in [6.45, 7) is 0. The van der Waals surface area contributed by atoms with Crippen LogP contribution in [0.4, 0.5) is 0 Å². The second-order valence-corrected chi connectivity index (χ2v) is 3.90. The number of hydrogen-bond donors (Lipinski definition) is 1. The van der Waals surface area contributed by atoms with E-state index in [1.54, 1.807) is 0 Å². The third-order valence-electron chi connectivity index (χ3n) is 2.95. The Labute approximate surface area is 103 Å². The van der Waals surface area contributed by atoms with Crippen molar-refractivity contribution < 1.29 is 0 Å². The first kappa shape index (κ1) is 10.2. The third kappa shape index (κ3) is 1.26. The summed E-state index contributed by atoms with van der Waals surface area (Å²) in [4.78, 5) is 7.88. The standard InChI is InChI=1S/C13H9N3.ClH/c1-3-7-11-9(5-1)14-13-15-10-6-2-4-8-12(10)16(11)13;/h1-8H,(H,14,15);1H. The molecule has 4 aromatic rings. The normalized spacial score (nSPS) is 11.1. The molecule has 0 radical (unpaired) electrons. The molecule has 0 atom stereocenters. The summed E-state index contributed by atoms with van der Waals surface area (Å²) in [5, 5.41) is 0. The number of para-hydroxylation sites is 4. The van der Waals surface area contributed by atoms with Gasteiger partial charge in [-0.1, -0.05) is 24.3 Å². The van der Waals surface area contributed by atoms with E-state index in [9.17, 15) is 0 Å². The Morgan fingerprint density at radius 2 is 1.59 bits per heavy atom. The van der Waals surface area contributed by atoms with Crippen molar-refractivity contribution in [1.29, 1.82) is 0 Å². The molecule has 0 aliphatic heterocycles. The average Bonchev–Trinajstić information content (AvgIpc) is 2.83. The number of rotatable bonds is 0. The minimum Gasteiger partial charge on any atom is -0.323 e. The molecule has 17 heavy (non-hydrogen) atoms. The number of halogens is 1. The number of aromatic amines is 1. The molecule has 4 heteroatoms. The SMILES string of the molecule is Cl.c1ccc2c(c1)nc1[nH]c3ccccc3n12. The number of benzene rings is 2. The van der Waals surface area contributed by atoms with Crippen molar-refractivity contribution in [2.24, 2.45) is 0 Å². The predicted molar refractivity (Wildman–Crippen MR) is 71.8 cm³/mol. The van der Waals surface area contributed by atoms with E-state index >= 15 is 0 Å². The lowest BCUT2D eigenvalue weighted by molar-refractivity contribution is 1.28. The largest absolute Gasteiger partial charge is 0.323 e. The van der Waals surface area contributed by atoms with Crippen LogP contribution >= 0.6 is 12.4 Å². The lowest BCUT2D eigenvalue weighted by Crippen LogP contribution is -1.78. The minimum atomic E-state index is 0. The first-order valence-electron chi connectivity index (χ1n) is 5.27. The third-order valence-corrected chi connectivity index (χ3v) is 2.95. The van der Waals surface area contributed by atoms with Gasteiger partial charge in [-0.15, -0.1) is 12.4 Å². The van der Waals surface area contributed by atoms with E-state index in [1.807, 2.05) is 30.3 Å². The summed E-state index contributed by atoms with van der Waals surface area (Å²) < 4.78 is 2.16. The zero-order valence-corrected chi connectivity index (χ0v) is 9.74. The Morgan fingerprint density at radius 1 is 0.882 bits per heavy atom. The maximum atomic E-state index is 4.56. The molecule has 0 aliphatic rings. The number of nitrogens with one attached hydrogen (secondary N) is 1. The average molecular weight is 244 g/mol. The van der Waals surface area contributed by atoms with Gasteiger partial charge >= 0.3 is 0 Å². The molecule has 0 unspecified atom stereocenters. The van der Waals surface area contributed by atoms with Gasteiger partial charge in [0.05, 0.1) is 22.1 Å². The van der Waals surface area contributed by atoms with Crippen LogP contribution in [0.5, 0.6) is 0 Å². The van der Waals surface area contributed by atoms with Gasteiger partial charge in [0, 0.05) is 0 Å². The van der Waals surface area contributed by atoms with Gasteiger partial charge in [-0.05, 0) is 24.3 Å². The molecule has 0 spiro atoms. The molecule has 0 fully saturated rings. The van der Waals surface area contributed by atoms with Crippen molar-refractivity contribution in [3.05, 3.63) is 48.5 Å². The Morgan fingerprint density at radius 3 is 2.47 bits per heavy atom. The number of hydrogen-bond acceptors (Lipinski definition) is 1. The maximum absolute atomic E-state index is 4.56. The predicted octanol–water partition coefficient (Wildman–Crippen LogP) is 3.39. The van der Waals surface area contributed by atoms with Crippen LogP contribution in [0.1, 0.15) is 0 Å². The highest BCUT2D eigenvalue weighted by molar-refractivity contribution is 5.89. The molecule has 1 N–H and O–H groups in total. The van der Waals surface area contributed by atoms with Crippen molar-refractivity contribution >= 4 is 40.3 Å². The van der Waals surface area contributed by atoms with E-state index in [-0.39, 0.29) is 12.4 Å². The van der Waals surface area contributed by atoms with Gasteiger partial charge in [-0.25, -0.2) is 4.98 Å². The van der Waals surface area contributed by atoms with E-state index in [0.717, 1.165) is 22.3 Å². The van der Waals surface area contributed by atoms with Gasteiger partial charge in [-0.2, -0.15) is 0 Å². The van der Waals surface area contributed by atoms with Gasteiger partial charge in [0.25, 0.3) is 0 Å². The minimum absolute atomic E-state index is 0. The van der Waals surface area contributed by atoms with Crippen molar-refractivity contribution in [3.8, 4) is 0 Å². The van der Waals surface area contributed by atoms with Crippen LogP contribution in [0.3, 0.4) is 0 Å². The molecule has 4 rings (SSSR count). The smallest absolute Gasteiger partial charge is 0.213 e. The number of imidazole rings is 2. The molecule has 0 bridgehead atoms. The second kappa shape index (κ2) is 3.50. The van der Waals surface area contributed by atoms with E-state index in [4.69, 9.17) is 0 Å². The van der Waals surface area contributed by atoms with E-state index < -0.39 is 0 Å². The highest BCUT2D eigenvalue weighted by atomic mass is 35.5. The van der Waals surface area contributed by atoms with Gasteiger partial charge in [0.1, 0.15) is 0 Å². The topological polar surface area (TPSA) is 33.1 Å². The molecular weight excluding hydrogens is 234 g/mol. The number of H-pyrrole nitrogens is 1. The number of nitrogens with zero attached hydrogens (tertiary/aromatic N) is 2. The Hall–Kier alpha value is -2.00. The highest BCUT2D eigenvalue weighted by Gasteiger charge is 2.08. The van der Waals surface area contributed by atoms with E-state index in [0.29, 0.717) is 0 Å². The lowest BCUT2D eigenvalue weighted by atomic mass is 10.3. The fraction of sp³-hybridized carbons (Fsp3) is 0. The van der Waals surface area contributed by atoms with Crippen LogP contribution < -0.4 is 0 Å². The summed E-state index contributed by atoms with van der Waals surface area (Å²) in [6, 6.07) is 16.4. The van der Waals surface area contributed by atoms with Crippen LogP contribution in [0.25, 0.3) is 27.8 Å². The molecule has 2 heterocycles. The van der Waals surface area contributed by atoms with Gasteiger partial charge < -0.3 is 4.98 Å². The Bertz CT molecular complexity index is 748. The van der Waals surface area contributed by atoms with Crippen molar-refractivity contribution in [2.75, 3.05) is 0 Å². The zero-order valence-electron chi connectivity index (χ0n) is 8.92. The van der Waals surface area contributed by atoms with E-state index in [2.05, 4.69) is 32.6 Å². The summed E-state index contributed by atoms with van der Waals surface area (Å²) in [6.07, 6.45) is 0. The van der Waals surface area contributed by atoms with Crippen molar-refractivity contribution in [2.45, 2.75) is 0 Å². The first-order chi connectivity index (χ1) is 7.93. The van der Waals surface area contributed by atoms with Crippen LogP contribution in [-0.2, 0) is 0 Å². The second-order valence-electron chi connectivity index (χ2n) is 3.90. The van der Waals surface area contributed by atoms with Crippen LogP contribution in [0, 0.1) is 0 Å². The van der Waals surface area contributed by atoms with Gasteiger partial charge in [0.15, 0.2) is 0 Å². The summed E-state index contributed by atoms with van der Waals surface area (Å²) in [5.41, 5.74) is 4.47. The quantitative estimate of drug-likeness (QED) is 0.505. The molecule has 3 nitrogen and oxygen atoms in total. The van der Waals surface area contributed by atoms with Gasteiger partial charge in [0.2, 0.25) is 5.78 Å². The Kier molecular flexibility index (Phi) is 2.09. The molecule has 0 amide bonds. The number of aromatic nitrogens is 3. The number of fused-ring (bicyclic) bond motifs is 5. The van der Waals surface area contributed by atoms with Crippen LogP contribution in [-0.4, -0.2) is 14.4 Å². The molecule has 0 saturated heterocycles. The molecule has 2 aromatic heterocycles. The van der Waals surface area contributed by atoms with Crippen molar-refractivity contribution in [1.82, 2.24) is 14.4 Å². The Balaban J connectivity index is 0.000000902. The molecule has 0 aliphatic carbocycles. The molecule has 84 valence electrons. The molecule has 0 saturated carbocycles. The fourth-order valence-corrected chi connectivity index (χ4v) is 2.25. The summed E-state index contributed by atoms with van der Waals surface area (Å²) >= 11 is 0. The monoisotopic (exact) mass is 243 g/mol. The molecule has 2 aromatic carbocycles. The van der Waals surface area contributed by atoms with E-state index in [1.165, 1.54) is 5.52 Å². The van der Waals surface area contributed by atoms with Crippen molar-refractivity contribution in [3.63, 3.8) is 0 Å². The fourth-order valence-electron chi connectivity index (χ4n) is 2.25.